The minimum atomic E-state index is -0.911. The first-order valence-electron chi connectivity index (χ1n) is 8.55. The van der Waals surface area contributed by atoms with E-state index in [1.54, 1.807) is 13.8 Å². The fourth-order valence-corrected chi connectivity index (χ4v) is 3.82. The molecular weight excluding hydrogens is 332 g/mol. The predicted molar refractivity (Wildman–Crippen MR) is 98.0 cm³/mol. The second-order valence-electron chi connectivity index (χ2n) is 7.03. The topological polar surface area (TPSA) is 89.6 Å². The van der Waals surface area contributed by atoms with Gasteiger partial charge in [-0.2, -0.15) is 10.5 Å². The monoisotopic (exact) mass is 356 g/mol. The number of amides is 1. The molecule has 1 N–H and O–H groups in total. The summed E-state index contributed by atoms with van der Waals surface area (Å²) in [5, 5.41) is 21.9. The van der Waals surface area contributed by atoms with Gasteiger partial charge in [0.1, 0.15) is 16.6 Å². The van der Waals surface area contributed by atoms with Crippen LogP contribution in [0.1, 0.15) is 56.5 Å². The van der Waals surface area contributed by atoms with Crippen LogP contribution in [-0.2, 0) is 17.6 Å². The minimum absolute atomic E-state index is 0.00585. The van der Waals surface area contributed by atoms with Crippen molar-refractivity contribution >= 4 is 17.7 Å². The molecule has 1 aliphatic rings. The molecule has 0 aliphatic heterocycles. The highest BCUT2D eigenvalue weighted by molar-refractivity contribution is 8.00. The smallest absolute Gasteiger partial charge is 0.234 e. The molecule has 1 amide bonds. The number of hydrogen-bond acceptors (Lipinski definition) is 5. The number of carbonyl (C=O) groups excluding carboxylic acids is 1. The van der Waals surface area contributed by atoms with E-state index in [9.17, 15) is 15.3 Å². The fraction of sp³-hybridized carbons (Fsp3) is 0.579. The van der Waals surface area contributed by atoms with Gasteiger partial charge in [-0.3, -0.25) is 4.79 Å². The van der Waals surface area contributed by atoms with Crippen molar-refractivity contribution in [2.75, 3.05) is 0 Å². The average molecular weight is 356 g/mol. The molecule has 0 bridgehead atoms. The Kier molecular flexibility index (Phi) is 5.75. The molecule has 132 valence electrons. The zero-order valence-corrected chi connectivity index (χ0v) is 16.3. The van der Waals surface area contributed by atoms with Crippen molar-refractivity contribution in [1.29, 1.82) is 10.5 Å². The Morgan fingerprint density at radius 1 is 1.32 bits per heavy atom. The van der Waals surface area contributed by atoms with E-state index in [-0.39, 0.29) is 11.8 Å². The second kappa shape index (κ2) is 7.45. The third-order valence-electron chi connectivity index (χ3n) is 5.01. The average Bonchev–Trinajstić information content (AvgIpc) is 3.03. The van der Waals surface area contributed by atoms with Crippen molar-refractivity contribution in [3.8, 4) is 12.1 Å². The zero-order chi connectivity index (χ0) is 18.8. The number of carbonyl (C=O) groups is 1. The van der Waals surface area contributed by atoms with Gasteiger partial charge >= 0.3 is 0 Å². The van der Waals surface area contributed by atoms with Crippen LogP contribution >= 0.6 is 11.8 Å². The van der Waals surface area contributed by atoms with Gasteiger partial charge in [0.25, 0.3) is 0 Å². The molecule has 0 fully saturated rings. The third kappa shape index (κ3) is 3.80. The van der Waals surface area contributed by atoms with Crippen LogP contribution in [0.2, 0.25) is 0 Å². The van der Waals surface area contributed by atoms with Crippen LogP contribution in [0.5, 0.6) is 0 Å². The van der Waals surface area contributed by atoms with Crippen molar-refractivity contribution in [2.45, 2.75) is 69.7 Å². The van der Waals surface area contributed by atoms with Crippen molar-refractivity contribution in [1.82, 2.24) is 10.3 Å². The first-order valence-corrected chi connectivity index (χ1v) is 9.43. The number of aromatic nitrogens is 1. The number of thioether (sulfide) groups is 1. The van der Waals surface area contributed by atoms with E-state index in [1.165, 1.54) is 17.3 Å². The van der Waals surface area contributed by atoms with Gasteiger partial charge in [0, 0.05) is 5.69 Å². The van der Waals surface area contributed by atoms with Crippen molar-refractivity contribution in [2.24, 2.45) is 5.92 Å². The highest BCUT2D eigenvalue weighted by Crippen LogP contribution is 2.33. The Bertz CT molecular complexity index is 775. The summed E-state index contributed by atoms with van der Waals surface area (Å²) in [4.78, 5) is 17.2. The van der Waals surface area contributed by atoms with Gasteiger partial charge in [-0.25, -0.2) is 4.98 Å². The van der Waals surface area contributed by atoms with Crippen molar-refractivity contribution < 1.29 is 4.79 Å². The van der Waals surface area contributed by atoms with Gasteiger partial charge < -0.3 is 5.32 Å². The van der Waals surface area contributed by atoms with Gasteiger partial charge in [-0.1, -0.05) is 25.6 Å². The SMILES string of the molecule is Cc1c(C#N)c(S[C@H](C)C(=O)N[C@](C)(C#N)C(C)C)nc2c1CCC2. The zero-order valence-electron chi connectivity index (χ0n) is 15.4. The Hall–Kier alpha value is -2.05. The van der Waals surface area contributed by atoms with Crippen LogP contribution in [0.3, 0.4) is 0 Å². The summed E-state index contributed by atoms with van der Waals surface area (Å²) in [5.41, 5.74) is 2.89. The number of nitrogens with one attached hydrogen (secondary N) is 1. The number of nitriles is 2. The molecule has 0 spiro atoms. The highest BCUT2D eigenvalue weighted by Gasteiger charge is 2.32. The number of pyridine rings is 1. The normalized spacial score (nSPS) is 16.5. The summed E-state index contributed by atoms with van der Waals surface area (Å²) < 4.78 is 0. The van der Waals surface area contributed by atoms with Crippen LogP contribution in [0.15, 0.2) is 5.03 Å². The van der Waals surface area contributed by atoms with Crippen molar-refractivity contribution in [3.05, 3.63) is 22.4 Å². The van der Waals surface area contributed by atoms with Crippen molar-refractivity contribution in [3.63, 3.8) is 0 Å². The molecule has 2 atom stereocenters. The standard InChI is InChI=1S/C19H24N4OS/c1-11(2)19(5,10-21)23-17(24)13(4)25-18-15(9-20)12(3)14-7-6-8-16(14)22-18/h11,13H,6-8H2,1-5H3,(H,23,24)/t13-,19-/m1/s1. The Balaban J connectivity index is 2.23. The number of aryl methyl sites for hydroxylation is 1. The van der Waals surface area contributed by atoms with E-state index in [0.717, 1.165) is 30.5 Å². The molecule has 1 aliphatic carbocycles. The molecule has 6 heteroatoms. The summed E-state index contributed by atoms with van der Waals surface area (Å²) in [7, 11) is 0. The number of nitrogens with zero attached hydrogens (tertiary/aromatic N) is 3. The molecule has 25 heavy (non-hydrogen) atoms. The van der Waals surface area contributed by atoms with E-state index in [0.29, 0.717) is 10.6 Å². The summed E-state index contributed by atoms with van der Waals surface area (Å²) >= 11 is 1.29. The molecule has 1 heterocycles. The lowest BCUT2D eigenvalue weighted by molar-refractivity contribution is -0.121. The number of hydrogen-bond donors (Lipinski definition) is 1. The van der Waals surface area contributed by atoms with Gasteiger partial charge in [-0.15, -0.1) is 0 Å². The molecular formula is C19H24N4OS. The minimum Gasteiger partial charge on any atom is -0.337 e. The van der Waals surface area contributed by atoms with Crippen LogP contribution in [0, 0.1) is 35.5 Å². The Morgan fingerprint density at radius 3 is 2.56 bits per heavy atom. The van der Waals surface area contributed by atoms with E-state index in [2.05, 4.69) is 22.4 Å². The highest BCUT2D eigenvalue weighted by atomic mass is 32.2. The molecule has 1 aromatic heterocycles. The second-order valence-corrected chi connectivity index (χ2v) is 8.36. The van der Waals surface area contributed by atoms with Crippen LogP contribution < -0.4 is 5.32 Å². The molecule has 0 aromatic carbocycles. The van der Waals surface area contributed by atoms with E-state index in [4.69, 9.17) is 0 Å². The quantitative estimate of drug-likeness (QED) is 0.818. The number of rotatable bonds is 5. The van der Waals surface area contributed by atoms with Gasteiger partial charge in [0.2, 0.25) is 5.91 Å². The summed E-state index contributed by atoms with van der Waals surface area (Å²) in [6.45, 7) is 9.28. The molecule has 1 aromatic rings. The molecule has 0 saturated carbocycles. The summed E-state index contributed by atoms with van der Waals surface area (Å²) in [6, 6.07) is 4.43. The van der Waals surface area contributed by atoms with Crippen LogP contribution in [0.4, 0.5) is 0 Å². The fourth-order valence-electron chi connectivity index (χ4n) is 2.84. The van der Waals surface area contributed by atoms with Gasteiger partial charge in [-0.05, 0) is 57.1 Å². The summed E-state index contributed by atoms with van der Waals surface area (Å²) in [6.07, 6.45) is 2.96. The molecule has 0 saturated heterocycles. The van der Waals surface area contributed by atoms with Gasteiger partial charge in [0.15, 0.2) is 0 Å². The largest absolute Gasteiger partial charge is 0.337 e. The molecule has 0 unspecified atom stereocenters. The lowest BCUT2D eigenvalue weighted by Crippen LogP contribution is -2.51. The van der Waals surface area contributed by atoms with Crippen LogP contribution in [0.25, 0.3) is 0 Å². The van der Waals surface area contributed by atoms with Gasteiger partial charge in [0.05, 0.1) is 16.9 Å². The maximum absolute atomic E-state index is 12.6. The van der Waals surface area contributed by atoms with E-state index >= 15 is 0 Å². The number of fused-ring (bicyclic) bond motifs is 1. The molecule has 0 radical (unpaired) electrons. The maximum Gasteiger partial charge on any atom is 0.234 e. The maximum atomic E-state index is 12.6. The third-order valence-corrected chi connectivity index (χ3v) is 6.09. The predicted octanol–water partition coefficient (Wildman–Crippen LogP) is 3.29. The Labute approximate surface area is 153 Å². The first kappa shape index (κ1) is 19.3. The summed E-state index contributed by atoms with van der Waals surface area (Å²) in [5.74, 6) is -0.222. The Morgan fingerprint density at radius 2 is 2.00 bits per heavy atom. The molecule has 5 nitrogen and oxygen atoms in total. The van der Waals surface area contributed by atoms with Crippen LogP contribution in [-0.4, -0.2) is 21.7 Å². The molecule has 2 rings (SSSR count). The first-order chi connectivity index (χ1) is 11.7. The lowest BCUT2D eigenvalue weighted by Gasteiger charge is -2.28. The lowest BCUT2D eigenvalue weighted by atomic mass is 9.90. The van der Waals surface area contributed by atoms with E-state index in [1.807, 2.05) is 20.8 Å². The van der Waals surface area contributed by atoms with E-state index < -0.39 is 10.8 Å².